The van der Waals surface area contributed by atoms with Gasteiger partial charge in [-0.3, -0.25) is 10.1 Å². The van der Waals surface area contributed by atoms with Crippen molar-refractivity contribution in [2.24, 2.45) is 0 Å². The molecule has 0 radical (unpaired) electrons. The number of carbonyl (C=O) groups excluding carboxylic acids is 2. The highest BCUT2D eigenvalue weighted by Crippen LogP contribution is 2.27. The first-order valence-electron chi connectivity index (χ1n) is 10.00. The molecule has 0 unspecified atom stereocenters. The Morgan fingerprint density at radius 2 is 1.94 bits per heavy atom. The second-order valence-corrected chi connectivity index (χ2v) is 7.95. The van der Waals surface area contributed by atoms with Crippen molar-refractivity contribution < 1.29 is 18.7 Å². The molecule has 0 bridgehead atoms. The van der Waals surface area contributed by atoms with E-state index in [4.69, 9.17) is 9.15 Å². The molecule has 1 amide bonds. The molecule has 0 atom stereocenters. The molecule has 9 nitrogen and oxygen atoms in total. The van der Waals surface area contributed by atoms with E-state index in [9.17, 15) is 14.9 Å². The van der Waals surface area contributed by atoms with Gasteiger partial charge in [0.1, 0.15) is 17.4 Å². The number of aromatic nitrogens is 2. The molecule has 0 aliphatic carbocycles. The van der Waals surface area contributed by atoms with E-state index in [-0.39, 0.29) is 11.3 Å². The standard InChI is InChI=1S/C22H19N5O4S/c23-14-16(19(28)24-21-25-26-22(32-21)27-10-2-1-3-11-27)13-15-6-8-17(9-7-15)31-20(29)18-5-4-12-30-18/h4-9,12-13H,1-3,10-11H2,(H,24,25,28)/b16-13-. The smallest absolute Gasteiger partial charge is 0.379 e. The number of nitrogens with zero attached hydrogens (tertiary/aromatic N) is 4. The van der Waals surface area contributed by atoms with Gasteiger partial charge in [-0.25, -0.2) is 4.79 Å². The van der Waals surface area contributed by atoms with Gasteiger partial charge in [-0.1, -0.05) is 23.5 Å². The number of ether oxygens (including phenoxy) is 1. The largest absolute Gasteiger partial charge is 0.457 e. The summed E-state index contributed by atoms with van der Waals surface area (Å²) in [5.41, 5.74) is 0.515. The number of hydrogen-bond acceptors (Lipinski definition) is 9. The van der Waals surface area contributed by atoms with Gasteiger partial charge in [0.05, 0.1) is 6.26 Å². The zero-order chi connectivity index (χ0) is 22.3. The summed E-state index contributed by atoms with van der Waals surface area (Å²) >= 11 is 1.29. The van der Waals surface area contributed by atoms with E-state index in [1.807, 2.05) is 6.07 Å². The third-order valence-corrected chi connectivity index (χ3v) is 5.65. The van der Waals surface area contributed by atoms with Gasteiger partial charge in [-0.2, -0.15) is 5.26 Å². The van der Waals surface area contributed by atoms with Crippen LogP contribution in [-0.2, 0) is 4.79 Å². The Kier molecular flexibility index (Phi) is 6.57. The number of amides is 1. The molecular formula is C22H19N5O4S. The monoisotopic (exact) mass is 449 g/mol. The lowest BCUT2D eigenvalue weighted by Crippen LogP contribution is -2.29. The summed E-state index contributed by atoms with van der Waals surface area (Å²) in [6.07, 6.45) is 6.27. The molecular weight excluding hydrogens is 430 g/mol. The molecule has 1 N–H and O–H groups in total. The molecule has 0 spiro atoms. The summed E-state index contributed by atoms with van der Waals surface area (Å²) in [6.45, 7) is 1.86. The van der Waals surface area contributed by atoms with Gasteiger partial charge in [-0.05, 0) is 55.2 Å². The molecule has 1 aliphatic heterocycles. The SMILES string of the molecule is N#C/C(=C/c1ccc(OC(=O)c2ccco2)cc1)C(=O)Nc1nnc(N2CCCCC2)s1. The van der Waals surface area contributed by atoms with Gasteiger partial charge >= 0.3 is 5.97 Å². The van der Waals surface area contributed by atoms with E-state index in [1.54, 1.807) is 30.3 Å². The Morgan fingerprint density at radius 3 is 2.62 bits per heavy atom. The number of nitriles is 1. The summed E-state index contributed by atoms with van der Waals surface area (Å²) in [5, 5.41) is 21.3. The number of piperidine rings is 1. The fraction of sp³-hybridized carbons (Fsp3) is 0.227. The second kappa shape index (κ2) is 9.89. The number of benzene rings is 1. The Hall–Kier alpha value is -3.97. The Morgan fingerprint density at radius 1 is 1.16 bits per heavy atom. The Balaban J connectivity index is 1.39. The van der Waals surface area contributed by atoms with Crippen molar-refractivity contribution in [1.29, 1.82) is 5.26 Å². The van der Waals surface area contributed by atoms with Crippen LogP contribution < -0.4 is 15.0 Å². The maximum absolute atomic E-state index is 12.5. The van der Waals surface area contributed by atoms with Gasteiger partial charge < -0.3 is 14.1 Å². The minimum Gasteiger partial charge on any atom is -0.457 e. The highest BCUT2D eigenvalue weighted by atomic mass is 32.1. The fourth-order valence-electron chi connectivity index (χ4n) is 3.14. The summed E-state index contributed by atoms with van der Waals surface area (Å²) in [4.78, 5) is 26.6. The number of nitrogens with one attached hydrogen (secondary N) is 1. The van der Waals surface area contributed by atoms with Crippen LogP contribution in [0, 0.1) is 11.3 Å². The normalized spacial score (nSPS) is 14.0. The first kappa shape index (κ1) is 21.3. The average Bonchev–Trinajstić information content (AvgIpc) is 3.52. The van der Waals surface area contributed by atoms with Crippen LogP contribution in [0.1, 0.15) is 35.4 Å². The van der Waals surface area contributed by atoms with E-state index in [1.165, 1.54) is 36.2 Å². The van der Waals surface area contributed by atoms with Crippen molar-refractivity contribution in [3.8, 4) is 11.8 Å². The molecule has 0 saturated carbocycles. The van der Waals surface area contributed by atoms with Crippen LogP contribution in [0.3, 0.4) is 0 Å². The highest BCUT2D eigenvalue weighted by molar-refractivity contribution is 7.19. The van der Waals surface area contributed by atoms with E-state index in [2.05, 4.69) is 20.4 Å². The molecule has 4 rings (SSSR count). The summed E-state index contributed by atoms with van der Waals surface area (Å²) in [7, 11) is 0. The van der Waals surface area contributed by atoms with Crippen molar-refractivity contribution in [2.75, 3.05) is 23.3 Å². The lowest BCUT2D eigenvalue weighted by atomic mass is 10.1. The highest BCUT2D eigenvalue weighted by Gasteiger charge is 2.18. The summed E-state index contributed by atoms with van der Waals surface area (Å²) in [5.74, 6) is -0.776. The summed E-state index contributed by atoms with van der Waals surface area (Å²) in [6, 6.07) is 11.4. The zero-order valence-corrected chi connectivity index (χ0v) is 17.8. The third-order valence-electron chi connectivity index (χ3n) is 4.75. The van der Waals surface area contributed by atoms with Crippen LogP contribution in [0.15, 0.2) is 52.7 Å². The van der Waals surface area contributed by atoms with Crippen LogP contribution in [-0.4, -0.2) is 35.2 Å². The minimum absolute atomic E-state index is 0.0833. The average molecular weight is 449 g/mol. The van der Waals surface area contributed by atoms with Crippen LogP contribution in [0.2, 0.25) is 0 Å². The predicted octanol–water partition coefficient (Wildman–Crippen LogP) is 3.89. The van der Waals surface area contributed by atoms with E-state index in [0.717, 1.165) is 31.1 Å². The quantitative estimate of drug-likeness (QED) is 0.260. The maximum atomic E-state index is 12.5. The van der Waals surface area contributed by atoms with Crippen LogP contribution in [0.4, 0.5) is 10.3 Å². The van der Waals surface area contributed by atoms with Gasteiger partial charge in [0.15, 0.2) is 0 Å². The zero-order valence-electron chi connectivity index (χ0n) is 17.0. The van der Waals surface area contributed by atoms with Gasteiger partial charge in [0.25, 0.3) is 5.91 Å². The topological polar surface area (TPSA) is 121 Å². The van der Waals surface area contributed by atoms with Gasteiger partial charge in [0, 0.05) is 13.1 Å². The predicted molar refractivity (Wildman–Crippen MR) is 118 cm³/mol. The number of hydrogen-bond donors (Lipinski definition) is 1. The molecule has 10 heteroatoms. The maximum Gasteiger partial charge on any atom is 0.379 e. The Labute approximate surface area is 187 Å². The van der Waals surface area contributed by atoms with Gasteiger partial charge in [-0.15, -0.1) is 10.2 Å². The summed E-state index contributed by atoms with van der Waals surface area (Å²) < 4.78 is 10.2. The molecule has 32 heavy (non-hydrogen) atoms. The second-order valence-electron chi connectivity index (χ2n) is 7.00. The van der Waals surface area contributed by atoms with Crippen LogP contribution >= 0.6 is 11.3 Å². The number of rotatable bonds is 6. The lowest BCUT2D eigenvalue weighted by molar-refractivity contribution is -0.112. The van der Waals surface area contributed by atoms with Crippen molar-refractivity contribution in [3.05, 3.63) is 59.6 Å². The minimum atomic E-state index is -0.614. The van der Waals surface area contributed by atoms with Crippen LogP contribution in [0.25, 0.3) is 6.08 Å². The fourth-order valence-corrected chi connectivity index (χ4v) is 3.93. The third kappa shape index (κ3) is 5.19. The van der Waals surface area contributed by atoms with Gasteiger partial charge in [0.2, 0.25) is 16.0 Å². The molecule has 1 aromatic carbocycles. The van der Waals surface area contributed by atoms with Crippen molar-refractivity contribution in [3.63, 3.8) is 0 Å². The van der Waals surface area contributed by atoms with Crippen molar-refractivity contribution in [1.82, 2.24) is 10.2 Å². The number of furan rings is 1. The molecule has 1 aliphatic rings. The first-order chi connectivity index (χ1) is 15.6. The molecule has 2 aromatic heterocycles. The Bertz CT molecular complexity index is 1160. The molecule has 3 heterocycles. The number of carbonyl (C=O) groups is 2. The first-order valence-corrected chi connectivity index (χ1v) is 10.8. The van der Waals surface area contributed by atoms with Crippen molar-refractivity contribution in [2.45, 2.75) is 19.3 Å². The van der Waals surface area contributed by atoms with Crippen LogP contribution in [0.5, 0.6) is 5.75 Å². The number of esters is 1. The van der Waals surface area contributed by atoms with E-state index >= 15 is 0 Å². The molecule has 162 valence electrons. The molecule has 1 fully saturated rings. The number of anilines is 2. The van der Waals surface area contributed by atoms with E-state index < -0.39 is 11.9 Å². The van der Waals surface area contributed by atoms with E-state index in [0.29, 0.717) is 16.4 Å². The lowest BCUT2D eigenvalue weighted by Gasteiger charge is -2.25. The molecule has 3 aromatic rings. The molecule has 1 saturated heterocycles. The van der Waals surface area contributed by atoms with Crippen molar-refractivity contribution >= 4 is 39.6 Å².